The van der Waals surface area contributed by atoms with Crippen molar-refractivity contribution in [2.24, 2.45) is 0 Å². The van der Waals surface area contributed by atoms with E-state index in [1.807, 2.05) is 0 Å². The first-order valence-electron chi connectivity index (χ1n) is 21.0. The lowest BCUT2D eigenvalue weighted by Gasteiger charge is -2.35. The molecule has 0 fully saturated rings. The Kier molecular flexibility index (Phi) is 8.11. The van der Waals surface area contributed by atoms with Crippen LogP contribution in [0, 0.1) is 0 Å². The lowest BCUT2D eigenvalue weighted by molar-refractivity contribution is 0.673. The highest BCUT2D eigenvalue weighted by Gasteiger charge is 2.46. The monoisotopic (exact) mass is 777 g/mol. The Morgan fingerprint density at radius 2 is 0.852 bits per heavy atom. The summed E-state index contributed by atoms with van der Waals surface area (Å²) in [6.45, 7) is 0. The van der Waals surface area contributed by atoms with Crippen LogP contribution in [0.25, 0.3) is 66.1 Å². The van der Waals surface area contributed by atoms with Crippen molar-refractivity contribution in [3.05, 3.63) is 259 Å². The van der Waals surface area contributed by atoms with Crippen molar-refractivity contribution in [1.29, 1.82) is 0 Å². The maximum atomic E-state index is 7.04. The van der Waals surface area contributed by atoms with Crippen molar-refractivity contribution >= 4 is 49.8 Å². The minimum Gasteiger partial charge on any atom is -0.453 e. The van der Waals surface area contributed by atoms with Gasteiger partial charge in [-0.05, 0) is 97.4 Å². The van der Waals surface area contributed by atoms with E-state index in [1.54, 1.807) is 0 Å². The van der Waals surface area contributed by atoms with Gasteiger partial charge in [-0.25, -0.2) is 0 Å². The molecule has 0 atom stereocenters. The number of anilines is 3. The van der Waals surface area contributed by atoms with Crippen LogP contribution in [-0.2, 0) is 5.41 Å². The van der Waals surface area contributed by atoms with Gasteiger partial charge in [0.25, 0.3) is 0 Å². The van der Waals surface area contributed by atoms with Gasteiger partial charge in [-0.1, -0.05) is 200 Å². The molecule has 0 radical (unpaired) electrons. The Labute approximate surface area is 355 Å². The molecule has 0 amide bonds. The summed E-state index contributed by atoms with van der Waals surface area (Å²) < 4.78 is 7.04. The highest BCUT2D eigenvalue weighted by molar-refractivity contribution is 6.17. The molecule has 0 saturated heterocycles. The Balaban J connectivity index is 1.08. The minimum absolute atomic E-state index is 0.532. The Morgan fingerprint density at radius 1 is 0.328 bits per heavy atom. The van der Waals surface area contributed by atoms with Gasteiger partial charge in [0, 0.05) is 27.5 Å². The molecule has 0 saturated carbocycles. The van der Waals surface area contributed by atoms with Gasteiger partial charge in [0.15, 0.2) is 5.58 Å². The average molecular weight is 778 g/mol. The molecular formula is C59H39NO. The van der Waals surface area contributed by atoms with E-state index in [4.69, 9.17) is 4.42 Å². The zero-order valence-electron chi connectivity index (χ0n) is 33.4. The predicted octanol–water partition coefficient (Wildman–Crippen LogP) is 15.9. The maximum Gasteiger partial charge on any atom is 0.159 e. The van der Waals surface area contributed by atoms with E-state index < -0.39 is 5.41 Å². The molecule has 0 spiro atoms. The normalized spacial score (nSPS) is 12.7. The lowest BCUT2D eigenvalue weighted by Crippen LogP contribution is -2.28. The van der Waals surface area contributed by atoms with Crippen LogP contribution in [0.2, 0.25) is 0 Å². The minimum atomic E-state index is -0.532. The second-order valence-corrected chi connectivity index (χ2v) is 16.0. The highest BCUT2D eigenvalue weighted by Crippen LogP contribution is 2.57. The molecule has 12 rings (SSSR count). The van der Waals surface area contributed by atoms with Crippen LogP contribution in [0.4, 0.5) is 17.1 Å². The van der Waals surface area contributed by atoms with E-state index in [0.717, 1.165) is 55.3 Å². The third kappa shape index (κ3) is 5.50. The van der Waals surface area contributed by atoms with E-state index in [2.05, 4.69) is 241 Å². The largest absolute Gasteiger partial charge is 0.453 e. The SMILES string of the molecule is c1ccc(-c2ccc(-c3ccc(N(c4ccc5c(c4)C(c4ccccc4)(c4ccccc4)c4ccccc4-5)c4cccc5c4oc4c6ccccc6ccc54)cc3)cc2)cc1. The third-order valence-corrected chi connectivity index (χ3v) is 12.8. The summed E-state index contributed by atoms with van der Waals surface area (Å²) >= 11 is 0. The summed E-state index contributed by atoms with van der Waals surface area (Å²) in [6, 6.07) is 85.9. The van der Waals surface area contributed by atoms with Crippen LogP contribution in [0.1, 0.15) is 22.3 Å². The fraction of sp³-hybridized carbons (Fsp3) is 0.0169. The number of hydrogen-bond acceptors (Lipinski definition) is 2. The van der Waals surface area contributed by atoms with Crippen LogP contribution >= 0.6 is 0 Å². The van der Waals surface area contributed by atoms with E-state index in [1.165, 1.54) is 50.1 Å². The molecule has 61 heavy (non-hydrogen) atoms. The number of furan rings is 1. The maximum absolute atomic E-state index is 7.04. The number of nitrogens with zero attached hydrogens (tertiary/aromatic N) is 1. The summed E-state index contributed by atoms with van der Waals surface area (Å²) in [7, 11) is 0. The first-order valence-corrected chi connectivity index (χ1v) is 21.0. The quantitative estimate of drug-likeness (QED) is 0.160. The molecule has 1 aliphatic rings. The zero-order chi connectivity index (χ0) is 40.3. The van der Waals surface area contributed by atoms with Crippen molar-refractivity contribution in [3.63, 3.8) is 0 Å². The molecule has 10 aromatic carbocycles. The fourth-order valence-electron chi connectivity index (χ4n) is 9.97. The van der Waals surface area contributed by atoms with Gasteiger partial charge in [-0.3, -0.25) is 0 Å². The van der Waals surface area contributed by atoms with E-state index in [9.17, 15) is 0 Å². The molecule has 2 nitrogen and oxygen atoms in total. The van der Waals surface area contributed by atoms with Crippen molar-refractivity contribution in [2.45, 2.75) is 5.41 Å². The fourth-order valence-corrected chi connectivity index (χ4v) is 9.97. The molecular weight excluding hydrogens is 739 g/mol. The molecule has 11 aromatic rings. The molecule has 0 aliphatic heterocycles. The van der Waals surface area contributed by atoms with Gasteiger partial charge < -0.3 is 9.32 Å². The molecule has 0 unspecified atom stereocenters. The lowest BCUT2D eigenvalue weighted by atomic mass is 9.67. The summed E-state index contributed by atoms with van der Waals surface area (Å²) in [4.78, 5) is 2.39. The first kappa shape index (κ1) is 35.0. The van der Waals surface area contributed by atoms with Gasteiger partial charge in [-0.2, -0.15) is 0 Å². The van der Waals surface area contributed by atoms with Gasteiger partial charge in [0.1, 0.15) is 5.58 Å². The van der Waals surface area contributed by atoms with Crippen LogP contribution in [0.15, 0.2) is 241 Å². The van der Waals surface area contributed by atoms with Gasteiger partial charge >= 0.3 is 0 Å². The molecule has 1 aromatic heterocycles. The Morgan fingerprint density at radius 3 is 1.56 bits per heavy atom. The first-order chi connectivity index (χ1) is 30.3. The molecule has 1 aliphatic carbocycles. The topological polar surface area (TPSA) is 16.4 Å². The van der Waals surface area contributed by atoms with Crippen LogP contribution in [0.5, 0.6) is 0 Å². The van der Waals surface area contributed by atoms with E-state index in [0.29, 0.717) is 0 Å². The molecule has 0 bridgehead atoms. The van der Waals surface area contributed by atoms with Crippen LogP contribution < -0.4 is 4.90 Å². The van der Waals surface area contributed by atoms with Crippen molar-refractivity contribution in [3.8, 4) is 33.4 Å². The average Bonchev–Trinajstić information content (AvgIpc) is 3.87. The van der Waals surface area contributed by atoms with Crippen molar-refractivity contribution in [2.75, 3.05) is 4.90 Å². The molecule has 0 N–H and O–H groups in total. The summed E-state index contributed by atoms with van der Waals surface area (Å²) in [6.07, 6.45) is 0. The molecule has 1 heterocycles. The molecule has 2 heteroatoms. The standard InChI is InChI=1S/C59H39NO/c1-4-15-40(16-5-1)41-27-29-42(30-28-41)43-31-34-47(35-32-43)60(56-26-14-24-52-53-37-33-44-17-10-11-22-49(44)57(53)61-58(52)56)48-36-38-51-50-23-12-13-25-54(50)59(55(51)39-48,45-18-6-2-7-19-45)46-20-8-3-9-21-46/h1-39H. The second-order valence-electron chi connectivity index (χ2n) is 16.0. The number of benzene rings is 10. The summed E-state index contributed by atoms with van der Waals surface area (Å²) in [5, 5.41) is 4.48. The van der Waals surface area contributed by atoms with E-state index >= 15 is 0 Å². The van der Waals surface area contributed by atoms with Crippen LogP contribution in [0.3, 0.4) is 0 Å². The smallest absolute Gasteiger partial charge is 0.159 e. The number of para-hydroxylation sites is 1. The summed E-state index contributed by atoms with van der Waals surface area (Å²) in [5.74, 6) is 0. The van der Waals surface area contributed by atoms with Crippen molar-refractivity contribution in [1.82, 2.24) is 0 Å². The number of rotatable bonds is 7. The Bertz CT molecular complexity index is 3350. The van der Waals surface area contributed by atoms with Gasteiger partial charge in [-0.15, -0.1) is 0 Å². The highest BCUT2D eigenvalue weighted by atomic mass is 16.3. The van der Waals surface area contributed by atoms with Gasteiger partial charge in [0.2, 0.25) is 0 Å². The Hall–Kier alpha value is -7.94. The van der Waals surface area contributed by atoms with Crippen molar-refractivity contribution < 1.29 is 4.42 Å². The zero-order valence-corrected chi connectivity index (χ0v) is 33.4. The van der Waals surface area contributed by atoms with Crippen LogP contribution in [-0.4, -0.2) is 0 Å². The summed E-state index contributed by atoms with van der Waals surface area (Å²) in [5.41, 5.74) is 16.6. The van der Waals surface area contributed by atoms with E-state index in [-0.39, 0.29) is 0 Å². The number of hydrogen-bond donors (Lipinski definition) is 0. The van der Waals surface area contributed by atoms with Gasteiger partial charge in [0.05, 0.1) is 11.1 Å². The second kappa shape index (κ2) is 14.1. The third-order valence-electron chi connectivity index (χ3n) is 12.8. The molecule has 286 valence electrons. The predicted molar refractivity (Wildman–Crippen MR) is 254 cm³/mol. The number of fused-ring (bicyclic) bond motifs is 8.